The van der Waals surface area contributed by atoms with Gasteiger partial charge in [0.2, 0.25) is 10.0 Å². The highest BCUT2D eigenvalue weighted by Gasteiger charge is 2.38. The molecule has 0 radical (unpaired) electrons. The molecule has 0 unspecified atom stereocenters. The lowest BCUT2D eigenvalue weighted by molar-refractivity contribution is -0.286. The molecular formula is C22H29NO4S2. The lowest BCUT2D eigenvalue weighted by Gasteiger charge is -2.15. The SMILES string of the molecule is Cc1sc(C)c2c1CN(CCCCCCOOC/C=C\c1ccccc1)S2(=O)=O. The lowest BCUT2D eigenvalue weighted by atomic mass is 10.2. The standard InChI is InChI=1S/C22H29NO4S2/c1-18-21-17-23(29(24,25)22(21)19(2)28-18)14-8-3-4-9-15-26-27-16-10-13-20-11-6-5-7-12-20/h5-7,10-13H,3-4,8-9,14-17H2,1-2H3/b13-10-. The summed E-state index contributed by atoms with van der Waals surface area (Å²) in [5.74, 6) is 0. The number of unbranched alkanes of at least 4 members (excludes halogenated alkanes) is 3. The van der Waals surface area contributed by atoms with Gasteiger partial charge in [-0.1, -0.05) is 55.3 Å². The van der Waals surface area contributed by atoms with Gasteiger partial charge in [-0.3, -0.25) is 0 Å². The second-order valence-corrected chi connectivity index (χ2v) is 10.5. The monoisotopic (exact) mass is 435 g/mol. The Hall–Kier alpha value is -1.51. The third-order valence-corrected chi connectivity index (χ3v) is 8.25. The van der Waals surface area contributed by atoms with Crippen LogP contribution in [-0.4, -0.2) is 32.5 Å². The maximum atomic E-state index is 12.7. The number of benzene rings is 1. The van der Waals surface area contributed by atoms with Gasteiger partial charge in [0, 0.05) is 28.4 Å². The summed E-state index contributed by atoms with van der Waals surface area (Å²) in [6.07, 6.45) is 7.67. The van der Waals surface area contributed by atoms with Crippen LogP contribution in [0.1, 0.15) is 46.6 Å². The molecule has 0 fully saturated rings. The third kappa shape index (κ3) is 5.77. The van der Waals surface area contributed by atoms with Gasteiger partial charge in [0.1, 0.15) is 11.5 Å². The molecule has 0 N–H and O–H groups in total. The van der Waals surface area contributed by atoms with Gasteiger partial charge in [0.05, 0.1) is 6.61 Å². The summed E-state index contributed by atoms with van der Waals surface area (Å²) in [5, 5.41) is 0. The summed E-state index contributed by atoms with van der Waals surface area (Å²) >= 11 is 1.58. The van der Waals surface area contributed by atoms with Crippen molar-refractivity contribution < 1.29 is 18.2 Å². The minimum Gasteiger partial charge on any atom is -0.236 e. The van der Waals surface area contributed by atoms with E-state index in [4.69, 9.17) is 9.78 Å². The molecule has 1 aliphatic rings. The molecule has 29 heavy (non-hydrogen) atoms. The van der Waals surface area contributed by atoms with Gasteiger partial charge in [0.15, 0.2) is 0 Å². The van der Waals surface area contributed by atoms with E-state index in [1.165, 1.54) is 0 Å². The van der Waals surface area contributed by atoms with Crippen molar-refractivity contribution in [1.29, 1.82) is 0 Å². The first kappa shape index (κ1) is 22.2. The van der Waals surface area contributed by atoms with Crippen LogP contribution in [0.25, 0.3) is 6.08 Å². The van der Waals surface area contributed by atoms with Gasteiger partial charge in [-0.25, -0.2) is 18.2 Å². The highest BCUT2D eigenvalue weighted by atomic mass is 32.2. The predicted molar refractivity (Wildman–Crippen MR) is 117 cm³/mol. The Morgan fingerprint density at radius 3 is 2.55 bits per heavy atom. The van der Waals surface area contributed by atoms with E-state index in [9.17, 15) is 8.42 Å². The van der Waals surface area contributed by atoms with Gasteiger partial charge in [-0.15, -0.1) is 11.3 Å². The Labute approximate surface area is 177 Å². The first-order valence-corrected chi connectivity index (χ1v) is 12.3. The van der Waals surface area contributed by atoms with Crippen LogP contribution < -0.4 is 0 Å². The van der Waals surface area contributed by atoms with Crippen LogP contribution in [0.4, 0.5) is 0 Å². The number of nitrogens with zero attached hydrogens (tertiary/aromatic N) is 1. The number of hydrogen-bond acceptors (Lipinski definition) is 5. The summed E-state index contributed by atoms with van der Waals surface area (Å²) in [6.45, 7) is 6.00. The van der Waals surface area contributed by atoms with Crippen LogP contribution in [0, 0.1) is 13.8 Å². The number of aryl methyl sites for hydroxylation is 2. The van der Waals surface area contributed by atoms with Crippen LogP contribution in [-0.2, 0) is 26.3 Å². The first-order valence-electron chi connectivity index (χ1n) is 10.0. The smallest absolute Gasteiger partial charge is 0.236 e. The minimum absolute atomic E-state index is 0.421. The fraction of sp³-hybridized carbons (Fsp3) is 0.455. The van der Waals surface area contributed by atoms with E-state index in [-0.39, 0.29) is 0 Å². The molecule has 0 saturated carbocycles. The molecule has 0 spiro atoms. The van der Waals surface area contributed by atoms with E-state index in [2.05, 4.69) is 0 Å². The maximum absolute atomic E-state index is 12.7. The molecule has 3 rings (SSSR count). The van der Waals surface area contributed by atoms with Crippen molar-refractivity contribution in [2.45, 2.75) is 51.0 Å². The fourth-order valence-corrected chi connectivity index (χ4v) is 6.81. The summed E-state index contributed by atoms with van der Waals surface area (Å²) in [7, 11) is -3.29. The molecule has 0 bridgehead atoms. The van der Waals surface area contributed by atoms with Gasteiger partial charge >= 0.3 is 0 Å². The molecule has 0 saturated heterocycles. The summed E-state index contributed by atoms with van der Waals surface area (Å²) in [5.41, 5.74) is 2.13. The number of fused-ring (bicyclic) bond motifs is 1. The Morgan fingerprint density at radius 2 is 1.79 bits per heavy atom. The van der Waals surface area contributed by atoms with Gasteiger partial charge < -0.3 is 0 Å². The van der Waals surface area contributed by atoms with Crippen molar-refractivity contribution in [3.05, 3.63) is 57.3 Å². The average Bonchev–Trinajstić information content (AvgIpc) is 3.14. The molecule has 0 aliphatic carbocycles. The summed E-state index contributed by atoms with van der Waals surface area (Å²) in [4.78, 5) is 12.9. The van der Waals surface area contributed by atoms with Crippen molar-refractivity contribution in [1.82, 2.24) is 4.31 Å². The van der Waals surface area contributed by atoms with Crippen LogP contribution >= 0.6 is 11.3 Å². The van der Waals surface area contributed by atoms with Crippen molar-refractivity contribution >= 4 is 27.4 Å². The zero-order valence-electron chi connectivity index (χ0n) is 17.1. The molecule has 1 aliphatic heterocycles. The highest BCUT2D eigenvalue weighted by molar-refractivity contribution is 7.89. The number of sulfonamides is 1. The Morgan fingerprint density at radius 1 is 1.03 bits per heavy atom. The quantitative estimate of drug-likeness (QED) is 0.280. The first-order chi connectivity index (χ1) is 14.0. The molecule has 1 aromatic carbocycles. The number of hydrogen-bond donors (Lipinski definition) is 0. The molecule has 2 aromatic rings. The fourth-order valence-electron chi connectivity index (χ4n) is 3.52. The third-order valence-electron chi connectivity index (χ3n) is 5.00. The van der Waals surface area contributed by atoms with Gasteiger partial charge in [0.25, 0.3) is 0 Å². The highest BCUT2D eigenvalue weighted by Crippen LogP contribution is 2.39. The number of rotatable bonds is 11. The summed E-state index contributed by atoms with van der Waals surface area (Å²) < 4.78 is 27.0. The average molecular weight is 436 g/mol. The van der Waals surface area contributed by atoms with Crippen LogP contribution in [0.2, 0.25) is 0 Å². The predicted octanol–water partition coefficient (Wildman–Crippen LogP) is 5.09. The molecule has 158 valence electrons. The van der Waals surface area contributed by atoms with Gasteiger partial charge in [-0.05, 0) is 32.3 Å². The number of thiophene rings is 1. The zero-order chi connectivity index (χ0) is 20.7. The van der Waals surface area contributed by atoms with Crippen LogP contribution in [0.15, 0.2) is 41.3 Å². The van der Waals surface area contributed by atoms with Crippen molar-refractivity contribution in [3.63, 3.8) is 0 Å². The maximum Gasteiger partial charge on any atom is 0.244 e. The van der Waals surface area contributed by atoms with Crippen LogP contribution in [0.5, 0.6) is 0 Å². The van der Waals surface area contributed by atoms with E-state index >= 15 is 0 Å². The second-order valence-electron chi connectivity index (χ2n) is 7.19. The molecule has 5 nitrogen and oxygen atoms in total. The van der Waals surface area contributed by atoms with E-state index in [0.717, 1.165) is 46.6 Å². The van der Waals surface area contributed by atoms with E-state index in [0.29, 0.717) is 31.2 Å². The Bertz CT molecular complexity index is 920. The normalized spacial score (nSPS) is 15.9. The minimum atomic E-state index is -3.29. The topological polar surface area (TPSA) is 55.8 Å². The molecule has 2 heterocycles. The van der Waals surface area contributed by atoms with Gasteiger partial charge in [-0.2, -0.15) is 4.31 Å². The zero-order valence-corrected chi connectivity index (χ0v) is 18.7. The van der Waals surface area contributed by atoms with Crippen molar-refractivity contribution in [2.75, 3.05) is 19.8 Å². The second kappa shape index (κ2) is 10.5. The molecule has 7 heteroatoms. The van der Waals surface area contributed by atoms with Crippen molar-refractivity contribution in [3.8, 4) is 0 Å². The van der Waals surface area contributed by atoms with E-state index in [1.807, 2.05) is 56.3 Å². The Balaban J connectivity index is 1.24. The van der Waals surface area contributed by atoms with Crippen molar-refractivity contribution in [2.24, 2.45) is 0 Å². The lowest BCUT2D eigenvalue weighted by Crippen LogP contribution is -2.25. The molecule has 0 amide bonds. The summed E-state index contributed by atoms with van der Waals surface area (Å²) in [6, 6.07) is 10.1. The van der Waals surface area contributed by atoms with E-state index < -0.39 is 10.0 Å². The Kier molecular flexibility index (Phi) is 8.03. The molecule has 1 aromatic heterocycles. The molecular weight excluding hydrogens is 406 g/mol. The van der Waals surface area contributed by atoms with Crippen LogP contribution in [0.3, 0.4) is 0 Å². The molecule has 0 atom stereocenters. The van der Waals surface area contributed by atoms with E-state index in [1.54, 1.807) is 15.6 Å². The largest absolute Gasteiger partial charge is 0.244 e.